The van der Waals surface area contributed by atoms with Crippen molar-refractivity contribution in [3.63, 3.8) is 0 Å². The fourth-order valence-electron chi connectivity index (χ4n) is 2.21. The smallest absolute Gasteiger partial charge is 0.266 e. The molecule has 4 nitrogen and oxygen atoms in total. The Balaban J connectivity index is 1.88. The summed E-state index contributed by atoms with van der Waals surface area (Å²) in [7, 11) is 0. The number of amides is 1. The zero-order valence-corrected chi connectivity index (χ0v) is 12.2. The molecular formula is C15H15N3OS. The Kier molecular flexibility index (Phi) is 3.28. The van der Waals surface area contributed by atoms with Gasteiger partial charge in [0, 0.05) is 10.3 Å². The SMILES string of the molecule is CCc1sc(C(=O)Nc2n[nH]c3ccccc23)cc1C. The number of carbonyl (C=O) groups is 1. The van der Waals surface area contributed by atoms with E-state index < -0.39 is 0 Å². The molecule has 0 unspecified atom stereocenters. The first-order valence-corrected chi connectivity index (χ1v) is 7.34. The number of H-pyrrole nitrogens is 1. The summed E-state index contributed by atoms with van der Waals surface area (Å²) in [6.45, 7) is 4.14. The van der Waals surface area contributed by atoms with E-state index in [1.807, 2.05) is 37.3 Å². The van der Waals surface area contributed by atoms with E-state index in [0.29, 0.717) is 5.82 Å². The summed E-state index contributed by atoms with van der Waals surface area (Å²) in [5.74, 6) is 0.477. The standard InChI is InChI=1S/C15H15N3OS/c1-3-12-9(2)8-13(20-12)15(19)16-14-10-6-4-5-7-11(10)17-18-14/h4-8H,3H2,1-2H3,(H2,16,17,18,19). The molecule has 0 saturated heterocycles. The third-order valence-electron chi connectivity index (χ3n) is 3.27. The van der Waals surface area contributed by atoms with E-state index in [4.69, 9.17) is 0 Å². The molecule has 5 heteroatoms. The number of hydrogen-bond acceptors (Lipinski definition) is 3. The number of fused-ring (bicyclic) bond motifs is 1. The Hall–Kier alpha value is -2.14. The summed E-state index contributed by atoms with van der Waals surface area (Å²) >= 11 is 1.54. The van der Waals surface area contributed by atoms with E-state index in [9.17, 15) is 4.79 Å². The van der Waals surface area contributed by atoms with Crippen molar-refractivity contribution in [2.45, 2.75) is 20.3 Å². The van der Waals surface area contributed by atoms with Gasteiger partial charge in [-0.2, -0.15) is 5.10 Å². The van der Waals surface area contributed by atoms with Gasteiger partial charge in [-0.15, -0.1) is 11.3 Å². The van der Waals surface area contributed by atoms with Gasteiger partial charge in [-0.05, 0) is 37.1 Å². The summed E-state index contributed by atoms with van der Waals surface area (Å²) in [5.41, 5.74) is 2.09. The van der Waals surface area contributed by atoms with E-state index >= 15 is 0 Å². The van der Waals surface area contributed by atoms with Crippen LogP contribution in [0.3, 0.4) is 0 Å². The Morgan fingerprint density at radius 2 is 2.20 bits per heavy atom. The molecule has 0 aliphatic rings. The summed E-state index contributed by atoms with van der Waals surface area (Å²) in [6.07, 6.45) is 0.953. The average Bonchev–Trinajstić information content (AvgIpc) is 3.03. The summed E-state index contributed by atoms with van der Waals surface area (Å²) in [6, 6.07) is 9.67. The molecule has 20 heavy (non-hydrogen) atoms. The predicted octanol–water partition coefficient (Wildman–Crippen LogP) is 3.75. The number of para-hydroxylation sites is 1. The molecule has 0 bridgehead atoms. The summed E-state index contributed by atoms with van der Waals surface area (Å²) in [5, 5.41) is 10.9. The van der Waals surface area contributed by atoms with Crippen LogP contribution < -0.4 is 5.32 Å². The van der Waals surface area contributed by atoms with Crippen LogP contribution in [0.5, 0.6) is 0 Å². The third kappa shape index (κ3) is 2.20. The van der Waals surface area contributed by atoms with Gasteiger partial charge in [0.2, 0.25) is 0 Å². The number of aromatic nitrogens is 2. The summed E-state index contributed by atoms with van der Waals surface area (Å²) in [4.78, 5) is 14.3. The molecule has 2 aromatic heterocycles. The molecule has 3 aromatic rings. The molecule has 2 N–H and O–H groups in total. The Morgan fingerprint density at radius 3 is 2.95 bits per heavy atom. The maximum absolute atomic E-state index is 12.3. The number of aromatic amines is 1. The number of thiophene rings is 1. The molecule has 0 saturated carbocycles. The van der Waals surface area contributed by atoms with Crippen molar-refractivity contribution in [1.82, 2.24) is 10.2 Å². The molecule has 0 spiro atoms. The highest BCUT2D eigenvalue weighted by atomic mass is 32.1. The van der Waals surface area contributed by atoms with Crippen molar-refractivity contribution in [2.75, 3.05) is 5.32 Å². The number of rotatable bonds is 3. The first kappa shape index (κ1) is 12.9. The predicted molar refractivity (Wildman–Crippen MR) is 82.5 cm³/mol. The van der Waals surface area contributed by atoms with Gasteiger partial charge in [-0.25, -0.2) is 0 Å². The maximum atomic E-state index is 12.3. The monoisotopic (exact) mass is 285 g/mol. The fraction of sp³-hybridized carbons (Fsp3) is 0.200. The highest BCUT2D eigenvalue weighted by Gasteiger charge is 2.14. The molecule has 1 aromatic carbocycles. The van der Waals surface area contributed by atoms with Gasteiger partial charge in [-0.1, -0.05) is 19.1 Å². The van der Waals surface area contributed by atoms with Crippen LogP contribution >= 0.6 is 11.3 Å². The first-order chi connectivity index (χ1) is 9.69. The van der Waals surface area contributed by atoms with Gasteiger partial charge in [0.1, 0.15) is 0 Å². The molecule has 0 atom stereocenters. The third-order valence-corrected chi connectivity index (χ3v) is 4.65. The highest BCUT2D eigenvalue weighted by Crippen LogP contribution is 2.25. The summed E-state index contributed by atoms with van der Waals surface area (Å²) < 4.78 is 0. The van der Waals surface area contributed by atoms with Crippen molar-refractivity contribution < 1.29 is 4.79 Å². The Morgan fingerprint density at radius 1 is 1.40 bits per heavy atom. The van der Waals surface area contributed by atoms with Gasteiger partial charge in [0.15, 0.2) is 5.82 Å². The Labute approximate surface area is 120 Å². The van der Waals surface area contributed by atoms with E-state index in [-0.39, 0.29) is 5.91 Å². The number of nitrogens with zero attached hydrogens (tertiary/aromatic N) is 1. The minimum absolute atomic E-state index is 0.102. The molecule has 1 amide bonds. The zero-order valence-electron chi connectivity index (χ0n) is 11.4. The minimum Gasteiger partial charge on any atom is -0.304 e. The van der Waals surface area contributed by atoms with Crippen LogP contribution in [0.25, 0.3) is 10.9 Å². The van der Waals surface area contributed by atoms with Gasteiger partial charge in [-0.3, -0.25) is 9.89 Å². The molecule has 0 aliphatic carbocycles. The van der Waals surface area contributed by atoms with Gasteiger partial charge >= 0.3 is 0 Å². The molecule has 0 radical (unpaired) electrons. The normalized spacial score (nSPS) is 10.9. The lowest BCUT2D eigenvalue weighted by Gasteiger charge is -1.99. The molecule has 102 valence electrons. The highest BCUT2D eigenvalue weighted by molar-refractivity contribution is 7.14. The van der Waals surface area contributed by atoms with Gasteiger partial charge in [0.05, 0.1) is 10.4 Å². The lowest BCUT2D eigenvalue weighted by molar-refractivity contribution is 0.103. The van der Waals surface area contributed by atoms with Crippen molar-refractivity contribution >= 4 is 34.0 Å². The van der Waals surface area contributed by atoms with Crippen molar-refractivity contribution in [3.05, 3.63) is 45.6 Å². The lowest BCUT2D eigenvalue weighted by atomic mass is 10.2. The average molecular weight is 285 g/mol. The van der Waals surface area contributed by atoms with E-state index in [2.05, 4.69) is 22.4 Å². The molecule has 3 rings (SSSR count). The quantitative estimate of drug-likeness (QED) is 0.770. The Bertz CT molecular complexity index is 772. The van der Waals surface area contributed by atoms with Crippen molar-refractivity contribution in [3.8, 4) is 0 Å². The second-order valence-corrected chi connectivity index (χ2v) is 5.78. The number of carbonyl (C=O) groups excluding carboxylic acids is 1. The van der Waals surface area contributed by atoms with Crippen LogP contribution in [0.4, 0.5) is 5.82 Å². The van der Waals surface area contributed by atoms with Gasteiger partial charge in [0.25, 0.3) is 5.91 Å². The van der Waals surface area contributed by atoms with Crippen LogP contribution in [0, 0.1) is 6.92 Å². The maximum Gasteiger partial charge on any atom is 0.266 e. The lowest BCUT2D eigenvalue weighted by Crippen LogP contribution is -2.10. The van der Waals surface area contributed by atoms with Crippen LogP contribution in [-0.2, 0) is 6.42 Å². The largest absolute Gasteiger partial charge is 0.304 e. The van der Waals surface area contributed by atoms with E-state index in [0.717, 1.165) is 22.2 Å². The van der Waals surface area contributed by atoms with Crippen LogP contribution in [-0.4, -0.2) is 16.1 Å². The second kappa shape index (κ2) is 5.09. The number of anilines is 1. The fourth-order valence-corrected chi connectivity index (χ4v) is 3.22. The molecule has 0 fully saturated rings. The number of hydrogen-bond donors (Lipinski definition) is 2. The molecule has 0 aliphatic heterocycles. The number of benzene rings is 1. The second-order valence-electron chi connectivity index (χ2n) is 4.64. The minimum atomic E-state index is -0.102. The first-order valence-electron chi connectivity index (χ1n) is 6.52. The van der Waals surface area contributed by atoms with Crippen LogP contribution in [0.2, 0.25) is 0 Å². The van der Waals surface area contributed by atoms with E-state index in [1.54, 1.807) is 11.3 Å². The molecular weight excluding hydrogens is 270 g/mol. The number of nitrogens with one attached hydrogen (secondary N) is 2. The van der Waals surface area contributed by atoms with E-state index in [1.165, 1.54) is 10.4 Å². The van der Waals surface area contributed by atoms with Gasteiger partial charge < -0.3 is 5.32 Å². The van der Waals surface area contributed by atoms with Crippen molar-refractivity contribution in [1.29, 1.82) is 0 Å². The van der Waals surface area contributed by atoms with Crippen molar-refractivity contribution in [2.24, 2.45) is 0 Å². The number of aryl methyl sites for hydroxylation is 2. The molecule has 2 heterocycles. The topological polar surface area (TPSA) is 57.8 Å². The van der Waals surface area contributed by atoms with Crippen LogP contribution in [0.1, 0.15) is 27.0 Å². The zero-order chi connectivity index (χ0) is 14.1. The van der Waals surface area contributed by atoms with Crippen LogP contribution in [0.15, 0.2) is 30.3 Å².